The standard InChI is InChI=1S/C12H21NOS/c1-10(2)9-11(14)13-6-5-12(3,4)15-8-7-13/h9H,5-8H2,1-4H3. The van der Waals surface area contributed by atoms with E-state index < -0.39 is 0 Å². The van der Waals surface area contributed by atoms with Crippen molar-refractivity contribution in [2.75, 3.05) is 18.8 Å². The number of hydrogen-bond acceptors (Lipinski definition) is 2. The lowest BCUT2D eigenvalue weighted by Gasteiger charge is -2.22. The number of nitrogens with zero attached hydrogens (tertiary/aromatic N) is 1. The van der Waals surface area contributed by atoms with E-state index >= 15 is 0 Å². The van der Waals surface area contributed by atoms with Gasteiger partial charge in [0.05, 0.1) is 0 Å². The topological polar surface area (TPSA) is 20.3 Å². The number of amides is 1. The van der Waals surface area contributed by atoms with Crippen LogP contribution in [0, 0.1) is 0 Å². The van der Waals surface area contributed by atoms with Crippen molar-refractivity contribution < 1.29 is 4.79 Å². The first-order valence-corrected chi connectivity index (χ1v) is 6.47. The molecule has 86 valence electrons. The van der Waals surface area contributed by atoms with E-state index in [9.17, 15) is 4.79 Å². The molecular weight excluding hydrogens is 206 g/mol. The van der Waals surface area contributed by atoms with Crippen molar-refractivity contribution in [1.29, 1.82) is 0 Å². The molecule has 1 aliphatic rings. The van der Waals surface area contributed by atoms with Crippen LogP contribution in [0.1, 0.15) is 34.1 Å². The molecule has 0 radical (unpaired) electrons. The molecule has 0 saturated carbocycles. The van der Waals surface area contributed by atoms with Crippen LogP contribution in [0.4, 0.5) is 0 Å². The Kier molecular flexibility index (Phi) is 4.26. The molecule has 2 nitrogen and oxygen atoms in total. The van der Waals surface area contributed by atoms with Crippen LogP contribution >= 0.6 is 11.8 Å². The van der Waals surface area contributed by atoms with Gasteiger partial charge in [0.2, 0.25) is 5.91 Å². The summed E-state index contributed by atoms with van der Waals surface area (Å²) in [6.45, 7) is 10.2. The number of allylic oxidation sites excluding steroid dienone is 1. The first-order chi connectivity index (χ1) is 6.91. The number of thioether (sulfide) groups is 1. The molecule has 0 aromatic rings. The molecule has 0 N–H and O–H groups in total. The molecule has 0 aliphatic carbocycles. The molecule has 15 heavy (non-hydrogen) atoms. The highest BCUT2D eigenvalue weighted by Crippen LogP contribution is 2.30. The third-order valence-electron chi connectivity index (χ3n) is 2.56. The first-order valence-electron chi connectivity index (χ1n) is 5.48. The maximum atomic E-state index is 11.8. The van der Waals surface area contributed by atoms with E-state index in [0.29, 0.717) is 4.75 Å². The van der Waals surface area contributed by atoms with Crippen LogP contribution in [-0.2, 0) is 4.79 Å². The second-order valence-corrected chi connectivity index (χ2v) is 6.71. The number of carbonyl (C=O) groups excluding carboxylic acids is 1. The molecule has 0 spiro atoms. The number of hydrogen-bond donors (Lipinski definition) is 0. The van der Waals surface area contributed by atoms with Gasteiger partial charge in [-0.1, -0.05) is 19.4 Å². The smallest absolute Gasteiger partial charge is 0.246 e. The highest BCUT2D eigenvalue weighted by atomic mass is 32.2. The molecule has 1 heterocycles. The number of rotatable bonds is 1. The van der Waals surface area contributed by atoms with Crippen molar-refractivity contribution in [2.45, 2.75) is 38.9 Å². The third-order valence-corrected chi connectivity index (χ3v) is 3.93. The minimum atomic E-state index is 0.174. The fourth-order valence-corrected chi connectivity index (χ4v) is 2.68. The highest BCUT2D eigenvalue weighted by molar-refractivity contribution is 8.00. The van der Waals surface area contributed by atoms with E-state index in [-0.39, 0.29) is 5.91 Å². The normalized spacial score (nSPS) is 20.7. The second-order valence-electron chi connectivity index (χ2n) is 4.91. The zero-order valence-corrected chi connectivity index (χ0v) is 11.0. The van der Waals surface area contributed by atoms with Crippen molar-refractivity contribution >= 4 is 17.7 Å². The maximum Gasteiger partial charge on any atom is 0.246 e. The van der Waals surface area contributed by atoms with E-state index in [1.165, 1.54) is 0 Å². The van der Waals surface area contributed by atoms with Crippen molar-refractivity contribution in [3.8, 4) is 0 Å². The molecule has 1 rings (SSSR count). The van der Waals surface area contributed by atoms with Gasteiger partial charge in [-0.2, -0.15) is 11.8 Å². The van der Waals surface area contributed by atoms with Crippen LogP contribution in [0.25, 0.3) is 0 Å². The van der Waals surface area contributed by atoms with Gasteiger partial charge in [0.1, 0.15) is 0 Å². The van der Waals surface area contributed by atoms with Crippen molar-refractivity contribution in [2.24, 2.45) is 0 Å². The Balaban J connectivity index is 2.58. The van der Waals surface area contributed by atoms with Crippen molar-refractivity contribution in [3.63, 3.8) is 0 Å². The van der Waals surface area contributed by atoms with E-state index in [2.05, 4.69) is 13.8 Å². The van der Waals surface area contributed by atoms with E-state index in [1.807, 2.05) is 30.5 Å². The molecule has 0 atom stereocenters. The lowest BCUT2D eigenvalue weighted by molar-refractivity contribution is -0.125. The predicted octanol–water partition coefficient (Wildman–Crippen LogP) is 2.70. The minimum Gasteiger partial charge on any atom is -0.338 e. The van der Waals surface area contributed by atoms with Crippen LogP contribution in [0.15, 0.2) is 11.6 Å². The Labute approximate surface area is 97.1 Å². The van der Waals surface area contributed by atoms with Crippen LogP contribution in [-0.4, -0.2) is 34.4 Å². The Bertz CT molecular complexity index is 267. The molecule has 0 aromatic carbocycles. The summed E-state index contributed by atoms with van der Waals surface area (Å²) in [7, 11) is 0. The van der Waals surface area contributed by atoms with E-state index in [4.69, 9.17) is 0 Å². The average Bonchev–Trinajstić information content (AvgIpc) is 2.25. The summed E-state index contributed by atoms with van der Waals surface area (Å²) in [4.78, 5) is 13.8. The van der Waals surface area contributed by atoms with E-state index in [0.717, 1.165) is 30.8 Å². The van der Waals surface area contributed by atoms with Gasteiger partial charge in [-0.25, -0.2) is 0 Å². The highest BCUT2D eigenvalue weighted by Gasteiger charge is 2.24. The summed E-state index contributed by atoms with van der Waals surface area (Å²) in [5, 5.41) is 0. The van der Waals surface area contributed by atoms with Crippen LogP contribution in [0.2, 0.25) is 0 Å². The van der Waals surface area contributed by atoms with Gasteiger partial charge in [-0.15, -0.1) is 0 Å². The molecule has 1 fully saturated rings. The van der Waals surface area contributed by atoms with Crippen molar-refractivity contribution in [1.82, 2.24) is 4.90 Å². The molecule has 0 unspecified atom stereocenters. The fraction of sp³-hybridized carbons (Fsp3) is 0.750. The minimum absolute atomic E-state index is 0.174. The van der Waals surface area contributed by atoms with Gasteiger partial charge in [0.15, 0.2) is 0 Å². The quantitative estimate of drug-likeness (QED) is 0.642. The lowest BCUT2D eigenvalue weighted by Crippen LogP contribution is -2.32. The Morgan fingerprint density at radius 2 is 2.00 bits per heavy atom. The molecule has 3 heteroatoms. The van der Waals surface area contributed by atoms with Gasteiger partial charge < -0.3 is 4.90 Å². The fourth-order valence-electron chi connectivity index (χ4n) is 1.58. The number of carbonyl (C=O) groups is 1. The van der Waals surface area contributed by atoms with Gasteiger partial charge in [-0.3, -0.25) is 4.79 Å². The molecule has 1 saturated heterocycles. The van der Waals surface area contributed by atoms with Gasteiger partial charge in [-0.05, 0) is 20.3 Å². The molecular formula is C12H21NOS. The Hall–Kier alpha value is -0.440. The third kappa shape index (κ3) is 4.29. The zero-order valence-electron chi connectivity index (χ0n) is 10.2. The monoisotopic (exact) mass is 227 g/mol. The second kappa shape index (κ2) is 5.06. The summed E-state index contributed by atoms with van der Waals surface area (Å²) in [6.07, 6.45) is 2.82. The maximum absolute atomic E-state index is 11.8. The Morgan fingerprint density at radius 1 is 1.33 bits per heavy atom. The summed E-state index contributed by atoms with van der Waals surface area (Å²) in [6, 6.07) is 0. The summed E-state index contributed by atoms with van der Waals surface area (Å²) in [5.74, 6) is 1.23. The first kappa shape index (κ1) is 12.6. The Morgan fingerprint density at radius 3 is 2.60 bits per heavy atom. The van der Waals surface area contributed by atoms with Crippen molar-refractivity contribution in [3.05, 3.63) is 11.6 Å². The average molecular weight is 227 g/mol. The molecule has 1 amide bonds. The predicted molar refractivity (Wildman–Crippen MR) is 67.2 cm³/mol. The van der Waals surface area contributed by atoms with Gasteiger partial charge >= 0.3 is 0 Å². The van der Waals surface area contributed by atoms with Crippen LogP contribution in [0.3, 0.4) is 0 Å². The summed E-state index contributed by atoms with van der Waals surface area (Å²) >= 11 is 1.97. The van der Waals surface area contributed by atoms with Crippen LogP contribution < -0.4 is 0 Å². The summed E-state index contributed by atoms with van der Waals surface area (Å²) < 4.78 is 0.319. The lowest BCUT2D eigenvalue weighted by atomic mass is 10.1. The van der Waals surface area contributed by atoms with Crippen LogP contribution in [0.5, 0.6) is 0 Å². The van der Waals surface area contributed by atoms with Gasteiger partial charge in [0, 0.05) is 29.7 Å². The molecule has 0 aromatic heterocycles. The molecule has 0 bridgehead atoms. The van der Waals surface area contributed by atoms with E-state index in [1.54, 1.807) is 6.08 Å². The zero-order chi connectivity index (χ0) is 11.5. The SMILES string of the molecule is CC(C)=CC(=O)N1CCSC(C)(C)CC1. The summed E-state index contributed by atoms with van der Waals surface area (Å²) in [5.41, 5.74) is 1.08. The van der Waals surface area contributed by atoms with Gasteiger partial charge in [0.25, 0.3) is 0 Å². The largest absolute Gasteiger partial charge is 0.338 e. The molecule has 1 aliphatic heterocycles.